The zero-order valence-electron chi connectivity index (χ0n) is 4.87. The molecule has 3 atom stereocenters. The van der Waals surface area contributed by atoms with E-state index in [4.69, 9.17) is 15.9 Å². The third kappa shape index (κ3) is 0.891. The third-order valence-electron chi connectivity index (χ3n) is 1.33. The van der Waals surface area contributed by atoms with E-state index in [0.717, 1.165) is 0 Å². The lowest BCUT2D eigenvalue weighted by Crippen LogP contribution is -2.43. The number of rotatable bonds is 0. The first-order chi connectivity index (χ1) is 4.46. The lowest BCUT2D eigenvalue weighted by atomic mass is 10.2. The van der Waals surface area contributed by atoms with Crippen LogP contribution in [0.3, 0.4) is 0 Å². The summed E-state index contributed by atoms with van der Waals surface area (Å²) in [6.45, 7) is 0. The maximum absolute atomic E-state index is 12.3. The summed E-state index contributed by atoms with van der Waals surface area (Å²) in [5.41, 5.74) is 4.70. The molecule has 0 bridgehead atoms. The highest BCUT2D eigenvalue weighted by Gasteiger charge is 2.56. The predicted molar refractivity (Wildman–Crippen MR) is 26.0 cm³/mol. The number of hydrogen-bond donors (Lipinski definition) is 3. The molecule has 0 amide bonds. The molecule has 1 saturated heterocycles. The highest BCUT2D eigenvalue weighted by atomic mass is 19.3. The van der Waals surface area contributed by atoms with E-state index in [1.165, 1.54) is 0 Å². The van der Waals surface area contributed by atoms with E-state index in [-0.39, 0.29) is 0 Å². The van der Waals surface area contributed by atoms with Crippen LogP contribution in [0.2, 0.25) is 0 Å². The van der Waals surface area contributed by atoms with Gasteiger partial charge in [-0.3, -0.25) is 0 Å². The summed E-state index contributed by atoms with van der Waals surface area (Å²) in [6.07, 6.45) is -6.02. The summed E-state index contributed by atoms with van der Waals surface area (Å²) in [6, 6.07) is 0. The van der Waals surface area contributed by atoms with Crippen molar-refractivity contribution in [2.45, 2.75) is 24.5 Å². The molecule has 4 nitrogen and oxygen atoms in total. The predicted octanol–water partition coefficient (Wildman–Crippen LogP) is -1.38. The van der Waals surface area contributed by atoms with Crippen molar-refractivity contribution < 1.29 is 23.7 Å². The standard InChI is InChI=1S/C4H7F2NO3/c5-4(6)1(8)2(9)10-3(4)7/h1-3,8-9H,7H2/t1?,2-,3?/m0/s1. The molecule has 60 valence electrons. The largest absolute Gasteiger partial charge is 0.382 e. The first-order valence-corrected chi connectivity index (χ1v) is 2.61. The second-order valence-electron chi connectivity index (χ2n) is 2.07. The van der Waals surface area contributed by atoms with E-state index in [2.05, 4.69) is 4.74 Å². The van der Waals surface area contributed by atoms with Crippen LogP contribution >= 0.6 is 0 Å². The van der Waals surface area contributed by atoms with Gasteiger partial charge in [-0.2, -0.15) is 8.78 Å². The Kier molecular flexibility index (Phi) is 1.63. The number of halogens is 2. The van der Waals surface area contributed by atoms with Crippen molar-refractivity contribution in [1.82, 2.24) is 0 Å². The third-order valence-corrected chi connectivity index (χ3v) is 1.33. The van der Waals surface area contributed by atoms with Crippen LogP contribution in [0, 0.1) is 0 Å². The number of ether oxygens (including phenoxy) is 1. The minimum absolute atomic E-state index is 1.88. The summed E-state index contributed by atoms with van der Waals surface area (Å²) in [5.74, 6) is -3.56. The van der Waals surface area contributed by atoms with Crippen LogP contribution < -0.4 is 5.73 Å². The van der Waals surface area contributed by atoms with Gasteiger partial charge in [-0.25, -0.2) is 0 Å². The molecule has 4 N–H and O–H groups in total. The summed E-state index contributed by atoms with van der Waals surface area (Å²) in [5, 5.41) is 17.0. The summed E-state index contributed by atoms with van der Waals surface area (Å²) < 4.78 is 28.7. The van der Waals surface area contributed by atoms with E-state index < -0.39 is 24.5 Å². The van der Waals surface area contributed by atoms with Crippen molar-refractivity contribution >= 4 is 0 Å². The molecule has 1 aliphatic heterocycles. The first kappa shape index (κ1) is 7.80. The number of aliphatic hydroxyl groups excluding tert-OH is 2. The maximum atomic E-state index is 12.3. The number of alkyl halides is 2. The van der Waals surface area contributed by atoms with Gasteiger partial charge in [0, 0.05) is 0 Å². The second kappa shape index (κ2) is 2.09. The SMILES string of the molecule is NC1O[C@H](O)C(O)C1(F)F. The molecule has 1 fully saturated rings. The van der Waals surface area contributed by atoms with Gasteiger partial charge in [0.2, 0.25) is 0 Å². The fraction of sp³-hybridized carbons (Fsp3) is 1.00. The molecule has 0 spiro atoms. The molecule has 1 rings (SSSR count). The van der Waals surface area contributed by atoms with Crippen molar-refractivity contribution in [3.8, 4) is 0 Å². The monoisotopic (exact) mass is 155 g/mol. The lowest BCUT2D eigenvalue weighted by Gasteiger charge is -2.14. The fourth-order valence-corrected chi connectivity index (χ4v) is 0.674. The molecule has 0 aromatic heterocycles. The molecule has 0 aromatic carbocycles. The van der Waals surface area contributed by atoms with Crippen LogP contribution in [-0.4, -0.2) is 34.8 Å². The van der Waals surface area contributed by atoms with Gasteiger partial charge in [0.1, 0.15) is 0 Å². The molecule has 6 heteroatoms. The molecule has 0 saturated carbocycles. The van der Waals surface area contributed by atoms with Gasteiger partial charge in [0.15, 0.2) is 18.6 Å². The minimum Gasteiger partial charge on any atom is -0.382 e. The molecular weight excluding hydrogens is 148 g/mol. The van der Waals surface area contributed by atoms with E-state index in [0.29, 0.717) is 0 Å². The van der Waals surface area contributed by atoms with Crippen LogP contribution in [0.4, 0.5) is 8.78 Å². The van der Waals surface area contributed by atoms with Crippen molar-refractivity contribution in [2.24, 2.45) is 5.73 Å². The summed E-state index contributed by atoms with van der Waals surface area (Å²) >= 11 is 0. The van der Waals surface area contributed by atoms with Crippen molar-refractivity contribution in [1.29, 1.82) is 0 Å². The van der Waals surface area contributed by atoms with Gasteiger partial charge >= 0.3 is 5.92 Å². The summed E-state index contributed by atoms with van der Waals surface area (Å²) in [7, 11) is 0. The second-order valence-corrected chi connectivity index (χ2v) is 2.07. The molecule has 0 aromatic rings. The van der Waals surface area contributed by atoms with Crippen molar-refractivity contribution in [2.75, 3.05) is 0 Å². The smallest absolute Gasteiger partial charge is 0.316 e. The Hall–Kier alpha value is -0.300. The molecule has 10 heavy (non-hydrogen) atoms. The van der Waals surface area contributed by atoms with E-state index in [1.54, 1.807) is 0 Å². The molecule has 0 aliphatic carbocycles. The molecular formula is C4H7F2NO3. The average molecular weight is 155 g/mol. The molecule has 1 aliphatic rings. The Bertz CT molecular complexity index is 142. The number of nitrogens with two attached hydrogens (primary N) is 1. The molecule has 2 unspecified atom stereocenters. The summed E-state index contributed by atoms with van der Waals surface area (Å²) in [4.78, 5) is 0. The van der Waals surface area contributed by atoms with Gasteiger partial charge in [0.05, 0.1) is 0 Å². The normalized spacial score (nSPS) is 45.9. The topological polar surface area (TPSA) is 75.7 Å². The Morgan fingerprint density at radius 2 is 1.90 bits per heavy atom. The van der Waals surface area contributed by atoms with Gasteiger partial charge < -0.3 is 20.7 Å². The Balaban J connectivity index is 2.75. The van der Waals surface area contributed by atoms with Crippen LogP contribution in [0.5, 0.6) is 0 Å². The minimum atomic E-state index is -3.56. The zero-order valence-corrected chi connectivity index (χ0v) is 4.87. The van der Waals surface area contributed by atoms with Crippen LogP contribution in [-0.2, 0) is 4.74 Å². The van der Waals surface area contributed by atoms with E-state index >= 15 is 0 Å². The molecule has 1 heterocycles. The van der Waals surface area contributed by atoms with Crippen LogP contribution in [0.15, 0.2) is 0 Å². The fourth-order valence-electron chi connectivity index (χ4n) is 0.674. The van der Waals surface area contributed by atoms with E-state index in [1.807, 2.05) is 0 Å². The number of aliphatic hydroxyl groups is 2. The quantitative estimate of drug-likeness (QED) is 0.403. The first-order valence-electron chi connectivity index (χ1n) is 2.61. The maximum Gasteiger partial charge on any atom is 0.316 e. The van der Waals surface area contributed by atoms with Crippen molar-refractivity contribution in [3.63, 3.8) is 0 Å². The highest BCUT2D eigenvalue weighted by molar-refractivity contribution is 4.89. The Morgan fingerprint density at radius 3 is 2.00 bits per heavy atom. The van der Waals surface area contributed by atoms with Gasteiger partial charge in [-0.1, -0.05) is 0 Å². The average Bonchev–Trinajstić information content (AvgIpc) is 1.97. The van der Waals surface area contributed by atoms with Crippen LogP contribution in [0.1, 0.15) is 0 Å². The highest BCUT2D eigenvalue weighted by Crippen LogP contribution is 2.32. The van der Waals surface area contributed by atoms with Crippen LogP contribution in [0.25, 0.3) is 0 Å². The van der Waals surface area contributed by atoms with Gasteiger partial charge in [-0.05, 0) is 0 Å². The van der Waals surface area contributed by atoms with E-state index in [9.17, 15) is 8.78 Å². The zero-order chi connectivity index (χ0) is 7.94. The van der Waals surface area contributed by atoms with Crippen molar-refractivity contribution in [3.05, 3.63) is 0 Å². The number of hydrogen-bond acceptors (Lipinski definition) is 4. The van der Waals surface area contributed by atoms with Gasteiger partial charge in [-0.15, -0.1) is 0 Å². The Labute approximate surface area is 55.2 Å². The lowest BCUT2D eigenvalue weighted by molar-refractivity contribution is -0.130. The molecule has 0 radical (unpaired) electrons. The Morgan fingerprint density at radius 1 is 1.40 bits per heavy atom. The van der Waals surface area contributed by atoms with Gasteiger partial charge in [0.25, 0.3) is 0 Å².